The van der Waals surface area contributed by atoms with Gasteiger partial charge < -0.3 is 0 Å². The largest absolute Gasteiger partial charge is 0.271 e. The molecule has 0 bridgehead atoms. The standard InChI is InChI=1S/C21H24N2O4SSi/c1-5-9-21(18-10-7-6-8-11-18)22(16-17-29(2,3)4)28(26,27)20-14-12-19(13-15-20)23(24)25/h5-8,10-15,21H,1,9H2,2-4H3. The van der Waals surface area contributed by atoms with Crippen molar-refractivity contribution in [3.63, 3.8) is 0 Å². The van der Waals surface area contributed by atoms with E-state index in [-0.39, 0.29) is 10.6 Å². The van der Waals surface area contributed by atoms with Crippen molar-refractivity contribution in [2.45, 2.75) is 37.0 Å². The van der Waals surface area contributed by atoms with Crippen molar-refractivity contribution in [3.05, 3.63) is 82.9 Å². The van der Waals surface area contributed by atoms with E-state index < -0.39 is 29.1 Å². The highest BCUT2D eigenvalue weighted by Gasteiger charge is 2.30. The van der Waals surface area contributed by atoms with Crippen molar-refractivity contribution < 1.29 is 13.3 Å². The van der Waals surface area contributed by atoms with Gasteiger partial charge in [0.05, 0.1) is 15.9 Å². The van der Waals surface area contributed by atoms with Crippen LogP contribution in [0.4, 0.5) is 5.69 Å². The van der Waals surface area contributed by atoms with Crippen LogP contribution in [0.15, 0.2) is 72.1 Å². The number of benzene rings is 2. The van der Waals surface area contributed by atoms with Crippen LogP contribution in [-0.2, 0) is 10.0 Å². The molecule has 0 amide bonds. The molecule has 1 atom stereocenters. The third-order valence-electron chi connectivity index (χ3n) is 4.00. The van der Waals surface area contributed by atoms with Gasteiger partial charge in [0.15, 0.2) is 0 Å². The SMILES string of the molecule is C=CCC(c1ccccc1)N(C#C[Si](C)(C)C)S(=O)(=O)c1ccc([N+](=O)[O-])cc1. The molecule has 29 heavy (non-hydrogen) atoms. The zero-order valence-corrected chi connectivity index (χ0v) is 18.5. The lowest BCUT2D eigenvalue weighted by Crippen LogP contribution is -2.32. The van der Waals surface area contributed by atoms with Crippen LogP contribution in [0.2, 0.25) is 19.6 Å². The van der Waals surface area contributed by atoms with Crippen LogP contribution < -0.4 is 0 Å². The minimum Gasteiger partial charge on any atom is -0.258 e. The van der Waals surface area contributed by atoms with E-state index in [0.717, 1.165) is 5.56 Å². The van der Waals surface area contributed by atoms with Gasteiger partial charge in [-0.15, -0.1) is 12.1 Å². The molecule has 0 heterocycles. The lowest BCUT2D eigenvalue weighted by molar-refractivity contribution is -0.384. The second kappa shape index (κ2) is 9.07. The lowest BCUT2D eigenvalue weighted by Gasteiger charge is -2.28. The molecule has 2 rings (SSSR count). The molecule has 0 aromatic heterocycles. The summed E-state index contributed by atoms with van der Waals surface area (Å²) in [7, 11) is -5.90. The third-order valence-corrected chi connectivity index (χ3v) is 6.60. The molecule has 0 saturated heterocycles. The average molecular weight is 429 g/mol. The van der Waals surface area contributed by atoms with Gasteiger partial charge >= 0.3 is 0 Å². The maximum absolute atomic E-state index is 13.5. The van der Waals surface area contributed by atoms with Crippen LogP contribution in [0.5, 0.6) is 0 Å². The first-order chi connectivity index (χ1) is 13.6. The number of rotatable bonds is 7. The number of nitro groups is 1. The Morgan fingerprint density at radius 3 is 2.21 bits per heavy atom. The summed E-state index contributed by atoms with van der Waals surface area (Å²) >= 11 is 0. The molecule has 0 saturated carbocycles. The van der Waals surface area contributed by atoms with Gasteiger partial charge in [0.25, 0.3) is 15.7 Å². The molecule has 152 valence electrons. The maximum Gasteiger partial charge on any atom is 0.271 e. The van der Waals surface area contributed by atoms with Gasteiger partial charge in [-0.3, -0.25) is 10.1 Å². The summed E-state index contributed by atoms with van der Waals surface area (Å²) in [6.45, 7) is 9.86. The Balaban J connectivity index is 2.63. The summed E-state index contributed by atoms with van der Waals surface area (Å²) in [4.78, 5) is 10.3. The van der Waals surface area contributed by atoms with Crippen molar-refractivity contribution >= 4 is 23.8 Å². The fraction of sp³-hybridized carbons (Fsp3) is 0.238. The minimum atomic E-state index is -4.02. The summed E-state index contributed by atoms with van der Waals surface area (Å²) in [6.07, 6.45) is 2.03. The van der Waals surface area contributed by atoms with E-state index >= 15 is 0 Å². The van der Waals surface area contributed by atoms with Gasteiger partial charge in [0, 0.05) is 18.2 Å². The summed E-state index contributed by atoms with van der Waals surface area (Å²) in [5, 5.41) is 10.9. The molecule has 1 unspecified atom stereocenters. The topological polar surface area (TPSA) is 80.5 Å². The van der Waals surface area contributed by atoms with Crippen molar-refractivity contribution in [2.75, 3.05) is 0 Å². The van der Waals surface area contributed by atoms with E-state index in [1.165, 1.54) is 28.6 Å². The van der Waals surface area contributed by atoms with E-state index in [9.17, 15) is 18.5 Å². The summed E-state index contributed by atoms with van der Waals surface area (Å²) in [6, 6.07) is 16.4. The van der Waals surface area contributed by atoms with E-state index in [1.807, 2.05) is 50.0 Å². The van der Waals surface area contributed by atoms with Crippen molar-refractivity contribution in [1.82, 2.24) is 4.31 Å². The molecule has 0 aliphatic heterocycles. The first-order valence-corrected chi connectivity index (χ1v) is 14.0. The zero-order chi connectivity index (χ0) is 21.7. The molecule has 0 spiro atoms. The number of hydrogen-bond acceptors (Lipinski definition) is 4. The first kappa shape index (κ1) is 22.4. The van der Waals surface area contributed by atoms with E-state index in [0.29, 0.717) is 6.42 Å². The Morgan fingerprint density at radius 1 is 1.14 bits per heavy atom. The predicted molar refractivity (Wildman–Crippen MR) is 117 cm³/mol. The summed E-state index contributed by atoms with van der Waals surface area (Å²) in [5.74, 6) is 0. The van der Waals surface area contributed by atoms with Crippen LogP contribution in [0.25, 0.3) is 0 Å². The number of nitro benzene ring substituents is 1. The second-order valence-corrected chi connectivity index (χ2v) is 14.1. The monoisotopic (exact) mass is 428 g/mol. The van der Waals surface area contributed by atoms with E-state index in [1.54, 1.807) is 6.08 Å². The van der Waals surface area contributed by atoms with Crippen LogP contribution in [-0.4, -0.2) is 25.7 Å². The lowest BCUT2D eigenvalue weighted by atomic mass is 10.0. The Bertz CT molecular complexity index is 1030. The van der Waals surface area contributed by atoms with Gasteiger partial charge in [0.1, 0.15) is 8.07 Å². The van der Waals surface area contributed by atoms with Crippen molar-refractivity contribution in [2.24, 2.45) is 0 Å². The Kier molecular flexibility index (Phi) is 7.01. The van der Waals surface area contributed by atoms with Gasteiger partial charge in [-0.1, -0.05) is 56.0 Å². The quantitative estimate of drug-likeness (QED) is 0.159. The first-order valence-electron chi connectivity index (χ1n) is 9.04. The number of non-ortho nitro benzene ring substituents is 1. The normalized spacial score (nSPS) is 12.4. The third kappa shape index (κ3) is 5.79. The van der Waals surface area contributed by atoms with Gasteiger partial charge in [-0.25, -0.2) is 12.7 Å². The summed E-state index contributed by atoms with van der Waals surface area (Å²) in [5.41, 5.74) is 3.75. The minimum absolute atomic E-state index is 0.0435. The Hall–Kier alpha value is -2.89. The Morgan fingerprint density at radius 2 is 1.72 bits per heavy atom. The molecule has 2 aromatic carbocycles. The molecular weight excluding hydrogens is 404 g/mol. The number of sulfonamides is 1. The molecule has 8 heteroatoms. The Labute approximate surface area is 173 Å². The molecule has 0 N–H and O–H groups in total. The van der Waals surface area contributed by atoms with Crippen molar-refractivity contribution in [1.29, 1.82) is 0 Å². The maximum atomic E-state index is 13.5. The number of hydrogen-bond donors (Lipinski definition) is 0. The van der Waals surface area contributed by atoms with Crippen LogP contribution in [0, 0.1) is 21.7 Å². The highest BCUT2D eigenvalue weighted by atomic mass is 32.2. The highest BCUT2D eigenvalue weighted by molar-refractivity contribution is 7.89. The van der Waals surface area contributed by atoms with E-state index in [2.05, 4.69) is 18.2 Å². The molecule has 0 radical (unpaired) electrons. The van der Waals surface area contributed by atoms with Gasteiger partial charge in [0.2, 0.25) is 0 Å². The van der Waals surface area contributed by atoms with Gasteiger partial charge in [-0.2, -0.15) is 0 Å². The highest BCUT2D eigenvalue weighted by Crippen LogP contribution is 2.31. The van der Waals surface area contributed by atoms with Crippen molar-refractivity contribution in [3.8, 4) is 11.6 Å². The van der Waals surface area contributed by atoms with Crippen LogP contribution in [0.1, 0.15) is 18.0 Å². The molecule has 0 aliphatic rings. The number of nitrogens with zero attached hydrogens (tertiary/aromatic N) is 2. The predicted octanol–water partition coefficient (Wildman–Crippen LogP) is 4.74. The molecule has 0 aliphatic carbocycles. The molecular formula is C21H24N2O4SSi. The smallest absolute Gasteiger partial charge is 0.258 e. The van der Waals surface area contributed by atoms with Gasteiger partial charge in [-0.05, 0) is 24.1 Å². The fourth-order valence-corrected chi connectivity index (χ4v) is 4.53. The molecule has 0 fully saturated rings. The second-order valence-electron chi connectivity index (χ2n) is 7.49. The fourth-order valence-electron chi connectivity index (χ4n) is 2.58. The zero-order valence-electron chi connectivity index (χ0n) is 16.7. The van der Waals surface area contributed by atoms with Crippen LogP contribution >= 0.6 is 0 Å². The summed E-state index contributed by atoms with van der Waals surface area (Å²) < 4.78 is 28.1. The average Bonchev–Trinajstić information content (AvgIpc) is 2.67. The molecule has 2 aromatic rings. The van der Waals surface area contributed by atoms with Crippen LogP contribution in [0.3, 0.4) is 0 Å². The molecule has 6 nitrogen and oxygen atoms in total. The van der Waals surface area contributed by atoms with E-state index in [4.69, 9.17) is 0 Å².